The maximum atomic E-state index is 13.9. The summed E-state index contributed by atoms with van der Waals surface area (Å²) in [7, 11) is -3.89. The zero-order valence-electron chi connectivity index (χ0n) is 24.2. The molecule has 0 saturated heterocycles. The molecule has 0 aliphatic rings. The van der Waals surface area contributed by atoms with E-state index < -0.39 is 28.5 Å². The van der Waals surface area contributed by atoms with Crippen molar-refractivity contribution in [2.75, 3.05) is 23.7 Å². The normalized spacial score (nSPS) is 12.1. The Bertz CT molecular complexity index is 1430. The molecule has 0 saturated carbocycles. The molecule has 3 rings (SSSR count). The van der Waals surface area contributed by atoms with Gasteiger partial charge in [0.2, 0.25) is 21.8 Å². The van der Waals surface area contributed by atoms with Gasteiger partial charge in [0.15, 0.2) is 0 Å². The van der Waals surface area contributed by atoms with Crippen molar-refractivity contribution < 1.29 is 22.7 Å². The average Bonchev–Trinajstić information content (AvgIpc) is 2.95. The van der Waals surface area contributed by atoms with E-state index in [1.165, 1.54) is 4.90 Å². The first-order valence-electron chi connectivity index (χ1n) is 13.6. The van der Waals surface area contributed by atoms with Gasteiger partial charge in [-0.25, -0.2) is 8.42 Å². The van der Waals surface area contributed by atoms with Crippen molar-refractivity contribution in [2.24, 2.45) is 5.92 Å². The van der Waals surface area contributed by atoms with E-state index >= 15 is 0 Å². The van der Waals surface area contributed by atoms with Gasteiger partial charge in [-0.2, -0.15) is 0 Å². The second-order valence-corrected chi connectivity index (χ2v) is 13.0. The van der Waals surface area contributed by atoms with Gasteiger partial charge in [0.1, 0.15) is 24.9 Å². The van der Waals surface area contributed by atoms with Crippen LogP contribution in [0, 0.1) is 5.92 Å². The smallest absolute Gasteiger partial charge is 0.244 e. The van der Waals surface area contributed by atoms with Crippen molar-refractivity contribution in [1.29, 1.82) is 0 Å². The van der Waals surface area contributed by atoms with Crippen molar-refractivity contribution in [3.8, 4) is 5.75 Å². The van der Waals surface area contributed by atoms with Crippen LogP contribution in [0.2, 0.25) is 10.0 Å². The minimum atomic E-state index is -3.89. The molecule has 2 amide bonds. The first-order chi connectivity index (χ1) is 19.9. The number of hydrogen-bond acceptors (Lipinski definition) is 5. The van der Waals surface area contributed by atoms with Crippen LogP contribution in [-0.2, 0) is 32.8 Å². The molecule has 0 fully saturated rings. The first kappa shape index (κ1) is 33.2. The molecule has 3 aromatic rings. The molecule has 0 aliphatic heterocycles. The SMILES string of the molecule is CCC(C(=O)NCC(C)C)N(Cc1c(Cl)cccc1Cl)C(=O)CN(c1ccc(OCc2ccccc2)cc1)S(C)(=O)=O. The van der Waals surface area contributed by atoms with Crippen LogP contribution < -0.4 is 14.4 Å². The zero-order chi connectivity index (χ0) is 30.9. The number of nitrogens with one attached hydrogen (secondary N) is 1. The third-order valence-electron chi connectivity index (χ3n) is 6.51. The van der Waals surface area contributed by atoms with Gasteiger partial charge >= 0.3 is 0 Å². The molecule has 0 radical (unpaired) electrons. The van der Waals surface area contributed by atoms with Gasteiger partial charge in [0, 0.05) is 28.7 Å². The molecule has 1 atom stereocenters. The Morgan fingerprint density at radius 3 is 2.10 bits per heavy atom. The van der Waals surface area contributed by atoms with E-state index in [2.05, 4.69) is 5.32 Å². The lowest BCUT2D eigenvalue weighted by Crippen LogP contribution is -2.52. The third kappa shape index (κ3) is 9.37. The lowest BCUT2D eigenvalue weighted by atomic mass is 10.1. The number of benzene rings is 3. The topological polar surface area (TPSA) is 96.0 Å². The predicted molar refractivity (Wildman–Crippen MR) is 168 cm³/mol. The molecule has 226 valence electrons. The molecule has 0 aliphatic carbocycles. The van der Waals surface area contributed by atoms with Crippen LogP contribution in [0.3, 0.4) is 0 Å². The molecule has 0 spiro atoms. The Hall–Kier alpha value is -3.27. The molecule has 11 heteroatoms. The van der Waals surface area contributed by atoms with E-state index in [0.29, 0.717) is 40.9 Å². The van der Waals surface area contributed by atoms with Crippen molar-refractivity contribution in [1.82, 2.24) is 10.2 Å². The summed E-state index contributed by atoms with van der Waals surface area (Å²) in [6.07, 6.45) is 1.33. The summed E-state index contributed by atoms with van der Waals surface area (Å²) in [5, 5.41) is 3.56. The van der Waals surface area contributed by atoms with Gasteiger partial charge in [0.05, 0.1) is 11.9 Å². The highest BCUT2D eigenvalue weighted by Crippen LogP contribution is 2.28. The zero-order valence-corrected chi connectivity index (χ0v) is 26.5. The van der Waals surface area contributed by atoms with Crippen LogP contribution in [0.5, 0.6) is 5.75 Å². The number of carbonyl (C=O) groups excluding carboxylic acids is 2. The van der Waals surface area contributed by atoms with Gasteiger partial charge in [-0.15, -0.1) is 0 Å². The van der Waals surface area contributed by atoms with Crippen LogP contribution in [-0.4, -0.2) is 50.5 Å². The highest BCUT2D eigenvalue weighted by molar-refractivity contribution is 7.92. The van der Waals surface area contributed by atoms with Gasteiger partial charge in [-0.3, -0.25) is 13.9 Å². The summed E-state index contributed by atoms with van der Waals surface area (Å²) in [6.45, 7) is 5.90. The molecule has 1 N–H and O–H groups in total. The molecule has 0 aromatic heterocycles. The third-order valence-corrected chi connectivity index (χ3v) is 8.36. The quantitative estimate of drug-likeness (QED) is 0.238. The highest BCUT2D eigenvalue weighted by atomic mass is 35.5. The van der Waals surface area contributed by atoms with E-state index in [-0.39, 0.29) is 24.1 Å². The number of carbonyl (C=O) groups is 2. The molecule has 0 heterocycles. The summed E-state index contributed by atoms with van der Waals surface area (Å²) < 4.78 is 32.6. The molecule has 8 nitrogen and oxygen atoms in total. The number of sulfonamides is 1. The number of halogens is 2. The van der Waals surface area contributed by atoms with Gasteiger partial charge in [0.25, 0.3) is 0 Å². The van der Waals surface area contributed by atoms with Crippen molar-refractivity contribution >= 4 is 50.7 Å². The summed E-state index contributed by atoms with van der Waals surface area (Å²) in [4.78, 5) is 28.5. The van der Waals surface area contributed by atoms with Crippen LogP contribution in [0.15, 0.2) is 72.8 Å². The Morgan fingerprint density at radius 1 is 0.929 bits per heavy atom. The van der Waals surface area contributed by atoms with Crippen LogP contribution in [0.25, 0.3) is 0 Å². The largest absolute Gasteiger partial charge is 0.489 e. The Balaban J connectivity index is 1.88. The number of ether oxygens (including phenoxy) is 1. The van der Waals surface area contributed by atoms with Gasteiger partial charge in [-0.1, -0.05) is 80.4 Å². The molecule has 42 heavy (non-hydrogen) atoms. The van der Waals surface area contributed by atoms with E-state index in [0.717, 1.165) is 16.1 Å². The summed E-state index contributed by atoms with van der Waals surface area (Å²) >= 11 is 12.8. The molecular weight excluding hydrogens is 597 g/mol. The van der Waals surface area contributed by atoms with Gasteiger partial charge in [-0.05, 0) is 54.3 Å². The van der Waals surface area contributed by atoms with Crippen LogP contribution >= 0.6 is 23.2 Å². The minimum Gasteiger partial charge on any atom is -0.489 e. The Kier molecular flexibility index (Phi) is 12.1. The monoisotopic (exact) mass is 633 g/mol. The molecule has 1 unspecified atom stereocenters. The maximum Gasteiger partial charge on any atom is 0.244 e. The second-order valence-electron chi connectivity index (χ2n) is 10.3. The van der Waals surface area contributed by atoms with Gasteiger partial charge < -0.3 is 15.0 Å². The van der Waals surface area contributed by atoms with E-state index in [9.17, 15) is 18.0 Å². The average molecular weight is 635 g/mol. The summed E-state index contributed by atoms with van der Waals surface area (Å²) in [6, 6.07) is 20.2. The van der Waals surface area contributed by atoms with Crippen molar-refractivity contribution in [3.05, 3.63) is 94.0 Å². The summed E-state index contributed by atoms with van der Waals surface area (Å²) in [5.74, 6) is -0.167. The summed E-state index contributed by atoms with van der Waals surface area (Å²) in [5.41, 5.74) is 1.74. The second kappa shape index (κ2) is 15.3. The van der Waals surface area contributed by atoms with E-state index in [1.807, 2.05) is 44.2 Å². The Morgan fingerprint density at radius 2 is 1.55 bits per heavy atom. The fourth-order valence-electron chi connectivity index (χ4n) is 4.26. The van der Waals surface area contributed by atoms with Crippen LogP contribution in [0.4, 0.5) is 5.69 Å². The predicted octanol–water partition coefficient (Wildman–Crippen LogP) is 5.92. The Labute approximate surface area is 258 Å². The number of anilines is 1. The first-order valence-corrected chi connectivity index (χ1v) is 16.3. The van der Waals surface area contributed by atoms with Crippen molar-refractivity contribution in [3.63, 3.8) is 0 Å². The minimum absolute atomic E-state index is 0.0746. The van der Waals surface area contributed by atoms with E-state index in [1.54, 1.807) is 49.4 Å². The number of hydrogen-bond donors (Lipinski definition) is 1. The fraction of sp³-hybridized carbons (Fsp3) is 0.355. The number of rotatable bonds is 14. The van der Waals surface area contributed by atoms with Crippen molar-refractivity contribution in [2.45, 2.75) is 46.4 Å². The number of nitrogens with zero attached hydrogens (tertiary/aromatic N) is 2. The number of amides is 2. The lowest BCUT2D eigenvalue weighted by molar-refractivity contribution is -0.140. The standard InChI is InChI=1S/C31H37Cl2N3O5S/c1-5-29(31(38)34-18-22(2)3)35(19-26-27(32)12-9-13-28(26)33)30(37)20-36(42(4,39)40)24-14-16-25(17-15-24)41-21-23-10-7-6-8-11-23/h6-17,22,29H,5,18-21H2,1-4H3,(H,34,38). The van der Waals surface area contributed by atoms with E-state index in [4.69, 9.17) is 27.9 Å². The highest BCUT2D eigenvalue weighted by Gasteiger charge is 2.32. The fourth-order valence-corrected chi connectivity index (χ4v) is 5.63. The maximum absolute atomic E-state index is 13.9. The van der Waals surface area contributed by atoms with Crippen LogP contribution in [0.1, 0.15) is 38.3 Å². The molecule has 3 aromatic carbocycles. The lowest BCUT2D eigenvalue weighted by Gasteiger charge is -2.33. The molecular formula is C31H37Cl2N3O5S. The molecule has 0 bridgehead atoms.